The van der Waals surface area contributed by atoms with Crippen molar-refractivity contribution in [1.29, 1.82) is 0 Å². The molecule has 0 aliphatic rings. The van der Waals surface area contributed by atoms with Gasteiger partial charge in [-0.2, -0.15) is 13.2 Å². The average molecular weight is 399 g/mol. The number of halogens is 4. The van der Waals surface area contributed by atoms with E-state index in [0.717, 1.165) is 23.5 Å². The van der Waals surface area contributed by atoms with E-state index in [-0.39, 0.29) is 21.5 Å². The maximum absolute atomic E-state index is 12.6. The van der Waals surface area contributed by atoms with Gasteiger partial charge in [0, 0.05) is 16.0 Å². The molecule has 9 heteroatoms. The third kappa shape index (κ3) is 3.97. The number of aromatic nitrogens is 1. The largest absolute Gasteiger partial charge is 0.507 e. The molecule has 3 aromatic rings. The fraction of sp³-hybridized carbons (Fsp3) is 0.0588. The lowest BCUT2D eigenvalue weighted by Gasteiger charge is -2.06. The van der Waals surface area contributed by atoms with Crippen molar-refractivity contribution in [3.63, 3.8) is 0 Å². The van der Waals surface area contributed by atoms with Gasteiger partial charge >= 0.3 is 6.18 Å². The van der Waals surface area contributed by atoms with Crippen molar-refractivity contribution >= 4 is 34.0 Å². The first-order valence-electron chi connectivity index (χ1n) is 7.17. The SMILES string of the molecule is O=C(Nc1nc(-c2ccc(C(F)(F)F)cc2)cs1)c1cc(Cl)ccc1O. The second kappa shape index (κ2) is 6.97. The Kier molecular flexibility index (Phi) is 4.88. The van der Waals surface area contributed by atoms with E-state index < -0.39 is 17.6 Å². The van der Waals surface area contributed by atoms with Crippen LogP contribution in [-0.2, 0) is 6.18 Å². The van der Waals surface area contributed by atoms with E-state index in [1.54, 1.807) is 5.38 Å². The molecule has 0 spiro atoms. The van der Waals surface area contributed by atoms with Crippen molar-refractivity contribution in [3.8, 4) is 17.0 Å². The molecule has 0 radical (unpaired) electrons. The lowest BCUT2D eigenvalue weighted by Crippen LogP contribution is -2.11. The monoisotopic (exact) mass is 398 g/mol. The number of phenols is 1. The molecule has 2 aromatic carbocycles. The maximum atomic E-state index is 12.6. The van der Waals surface area contributed by atoms with Gasteiger partial charge in [0.05, 0.1) is 16.8 Å². The molecule has 0 aliphatic heterocycles. The predicted octanol–water partition coefficient (Wildman–Crippen LogP) is 5.44. The van der Waals surface area contributed by atoms with E-state index in [9.17, 15) is 23.1 Å². The van der Waals surface area contributed by atoms with Crippen LogP contribution in [0.3, 0.4) is 0 Å². The number of carbonyl (C=O) groups is 1. The number of anilines is 1. The van der Waals surface area contributed by atoms with E-state index in [2.05, 4.69) is 10.3 Å². The Hall–Kier alpha value is -2.58. The van der Waals surface area contributed by atoms with Crippen LogP contribution in [0.1, 0.15) is 15.9 Å². The van der Waals surface area contributed by atoms with E-state index in [4.69, 9.17) is 11.6 Å². The summed E-state index contributed by atoms with van der Waals surface area (Å²) in [6, 6.07) is 8.62. The maximum Gasteiger partial charge on any atom is 0.416 e. The molecule has 1 aromatic heterocycles. The highest BCUT2D eigenvalue weighted by molar-refractivity contribution is 7.14. The van der Waals surface area contributed by atoms with Gasteiger partial charge in [0.15, 0.2) is 5.13 Å². The Morgan fingerprint density at radius 3 is 2.50 bits per heavy atom. The number of hydrogen-bond donors (Lipinski definition) is 2. The van der Waals surface area contributed by atoms with Crippen LogP contribution in [0.4, 0.5) is 18.3 Å². The second-order valence-electron chi connectivity index (χ2n) is 5.23. The van der Waals surface area contributed by atoms with Crippen LogP contribution in [-0.4, -0.2) is 16.0 Å². The van der Waals surface area contributed by atoms with Crippen molar-refractivity contribution < 1.29 is 23.1 Å². The van der Waals surface area contributed by atoms with Crippen LogP contribution in [0, 0.1) is 0 Å². The molecule has 0 unspecified atom stereocenters. The normalized spacial score (nSPS) is 11.4. The Morgan fingerprint density at radius 1 is 1.15 bits per heavy atom. The van der Waals surface area contributed by atoms with Crippen molar-refractivity contribution in [2.75, 3.05) is 5.32 Å². The third-order valence-corrected chi connectivity index (χ3v) is 4.43. The number of alkyl halides is 3. The highest BCUT2D eigenvalue weighted by Gasteiger charge is 2.30. The number of amides is 1. The zero-order chi connectivity index (χ0) is 18.9. The third-order valence-electron chi connectivity index (χ3n) is 3.44. The quantitative estimate of drug-likeness (QED) is 0.617. The van der Waals surface area contributed by atoms with Gasteiger partial charge in [-0.25, -0.2) is 4.98 Å². The molecule has 1 amide bonds. The van der Waals surface area contributed by atoms with E-state index >= 15 is 0 Å². The van der Waals surface area contributed by atoms with E-state index in [1.807, 2.05) is 0 Å². The molecule has 3 rings (SSSR count). The van der Waals surface area contributed by atoms with Crippen LogP contribution >= 0.6 is 22.9 Å². The van der Waals surface area contributed by atoms with Crippen molar-refractivity contribution in [2.24, 2.45) is 0 Å². The van der Waals surface area contributed by atoms with E-state index in [1.165, 1.54) is 30.3 Å². The van der Waals surface area contributed by atoms with Gasteiger partial charge < -0.3 is 5.11 Å². The van der Waals surface area contributed by atoms with Crippen LogP contribution in [0.15, 0.2) is 47.8 Å². The van der Waals surface area contributed by atoms with Crippen LogP contribution in [0.5, 0.6) is 5.75 Å². The smallest absolute Gasteiger partial charge is 0.416 e. The molecular weight excluding hydrogens is 389 g/mol. The number of benzene rings is 2. The zero-order valence-electron chi connectivity index (χ0n) is 12.8. The van der Waals surface area contributed by atoms with Crippen LogP contribution in [0.25, 0.3) is 11.3 Å². The summed E-state index contributed by atoms with van der Waals surface area (Å²) in [5, 5.41) is 14.4. The standard InChI is InChI=1S/C17H10ClF3N2O2S/c18-11-5-6-14(24)12(7-11)15(25)23-16-22-13(8-26-16)9-1-3-10(4-2-9)17(19,20)21/h1-8,24H,(H,22,23,25). The molecule has 1 heterocycles. The molecule has 0 atom stereocenters. The first kappa shape index (κ1) is 18.2. The lowest BCUT2D eigenvalue weighted by atomic mass is 10.1. The zero-order valence-corrected chi connectivity index (χ0v) is 14.4. The minimum Gasteiger partial charge on any atom is -0.507 e. The molecule has 4 nitrogen and oxygen atoms in total. The first-order valence-corrected chi connectivity index (χ1v) is 8.43. The molecule has 0 fully saturated rings. The minimum atomic E-state index is -4.40. The molecule has 0 saturated heterocycles. The van der Waals surface area contributed by atoms with Gasteiger partial charge in [0.1, 0.15) is 5.75 Å². The van der Waals surface area contributed by atoms with Crippen molar-refractivity contribution in [2.45, 2.75) is 6.18 Å². The Balaban J connectivity index is 1.78. The second-order valence-corrected chi connectivity index (χ2v) is 6.52. The highest BCUT2D eigenvalue weighted by Crippen LogP contribution is 2.32. The average Bonchev–Trinajstić information content (AvgIpc) is 3.05. The summed E-state index contributed by atoms with van der Waals surface area (Å²) in [6.07, 6.45) is -4.40. The van der Waals surface area contributed by atoms with Crippen molar-refractivity contribution in [3.05, 3.63) is 64.0 Å². The van der Waals surface area contributed by atoms with Gasteiger partial charge in [-0.3, -0.25) is 10.1 Å². The summed E-state index contributed by atoms with van der Waals surface area (Å²) >= 11 is 6.92. The summed E-state index contributed by atoms with van der Waals surface area (Å²) in [5.74, 6) is -0.829. The van der Waals surface area contributed by atoms with Gasteiger partial charge in [-0.05, 0) is 30.3 Å². The fourth-order valence-corrected chi connectivity index (χ4v) is 3.04. The summed E-state index contributed by atoms with van der Waals surface area (Å²) in [4.78, 5) is 16.4. The predicted molar refractivity (Wildman–Crippen MR) is 93.6 cm³/mol. The summed E-state index contributed by atoms with van der Waals surface area (Å²) in [5.41, 5.74) is 0.153. The highest BCUT2D eigenvalue weighted by atomic mass is 35.5. The first-order chi connectivity index (χ1) is 12.2. The molecule has 0 bridgehead atoms. The number of carbonyl (C=O) groups excluding carboxylic acids is 1. The number of rotatable bonds is 3. The van der Waals surface area contributed by atoms with Crippen LogP contribution in [0.2, 0.25) is 5.02 Å². The van der Waals surface area contributed by atoms with Crippen LogP contribution < -0.4 is 5.32 Å². The number of phenolic OH excluding ortho intramolecular Hbond substituents is 1. The van der Waals surface area contributed by atoms with E-state index in [0.29, 0.717) is 11.3 Å². The lowest BCUT2D eigenvalue weighted by molar-refractivity contribution is -0.137. The molecule has 26 heavy (non-hydrogen) atoms. The van der Waals surface area contributed by atoms with Gasteiger partial charge in [-0.15, -0.1) is 11.3 Å². The molecule has 0 saturated carbocycles. The number of nitrogens with one attached hydrogen (secondary N) is 1. The number of nitrogens with zero attached hydrogens (tertiary/aromatic N) is 1. The number of thiazole rings is 1. The fourth-order valence-electron chi connectivity index (χ4n) is 2.15. The summed E-state index contributed by atoms with van der Waals surface area (Å²) in [6.45, 7) is 0. The molecule has 2 N–H and O–H groups in total. The van der Waals surface area contributed by atoms with Crippen molar-refractivity contribution in [1.82, 2.24) is 4.98 Å². The topological polar surface area (TPSA) is 62.2 Å². The summed E-state index contributed by atoms with van der Waals surface area (Å²) < 4.78 is 37.8. The van der Waals surface area contributed by atoms with Gasteiger partial charge in [0.2, 0.25) is 0 Å². The van der Waals surface area contributed by atoms with Gasteiger partial charge in [-0.1, -0.05) is 23.7 Å². The Morgan fingerprint density at radius 2 is 1.85 bits per heavy atom. The molecular formula is C17H10ClF3N2O2S. The molecule has 0 aliphatic carbocycles. The Bertz CT molecular complexity index is 955. The minimum absolute atomic E-state index is 0.0104. The Labute approximate surface area is 154 Å². The summed E-state index contributed by atoms with van der Waals surface area (Å²) in [7, 11) is 0. The van der Waals surface area contributed by atoms with Gasteiger partial charge in [0.25, 0.3) is 5.91 Å². The molecule has 134 valence electrons. The number of hydrogen-bond acceptors (Lipinski definition) is 4. The number of aromatic hydroxyl groups is 1.